The van der Waals surface area contributed by atoms with Crippen molar-refractivity contribution in [1.82, 2.24) is 4.98 Å². The number of aromatic nitrogens is 1. The number of alkyl halides is 3. The van der Waals surface area contributed by atoms with Crippen LogP contribution in [0.1, 0.15) is 11.3 Å². The molecule has 1 aromatic heterocycles. The van der Waals surface area contributed by atoms with E-state index in [-0.39, 0.29) is 16.1 Å². The van der Waals surface area contributed by atoms with Crippen molar-refractivity contribution < 1.29 is 13.2 Å². The lowest BCUT2D eigenvalue weighted by atomic mass is 10.0. The van der Waals surface area contributed by atoms with E-state index in [1.165, 1.54) is 6.92 Å². The smallest absolute Gasteiger partial charge is 0.242 e. The molecule has 0 saturated heterocycles. The monoisotopic (exact) mass is 295 g/mol. The number of pyridine rings is 1. The first-order valence-electron chi connectivity index (χ1n) is 5.94. The molecule has 0 N–H and O–H groups in total. The van der Waals surface area contributed by atoms with Crippen LogP contribution < -0.4 is 0 Å². The molecule has 0 spiro atoms. The zero-order valence-electron chi connectivity index (χ0n) is 10.4. The van der Waals surface area contributed by atoms with Crippen LogP contribution in [0.5, 0.6) is 0 Å². The van der Waals surface area contributed by atoms with Crippen molar-refractivity contribution >= 4 is 33.3 Å². The van der Waals surface area contributed by atoms with Gasteiger partial charge in [-0.15, -0.1) is 0 Å². The van der Waals surface area contributed by atoms with E-state index in [1.54, 1.807) is 18.2 Å². The minimum Gasteiger partial charge on any atom is -0.242 e. The van der Waals surface area contributed by atoms with E-state index in [9.17, 15) is 13.2 Å². The fraction of sp³-hybridized carbons (Fsp3) is 0.133. The van der Waals surface area contributed by atoms with Crippen molar-refractivity contribution in [2.75, 3.05) is 0 Å². The quantitative estimate of drug-likeness (QED) is 0.508. The Hall–Kier alpha value is -1.81. The number of benzene rings is 2. The van der Waals surface area contributed by atoms with Gasteiger partial charge in [-0.1, -0.05) is 48.0 Å². The summed E-state index contributed by atoms with van der Waals surface area (Å²) in [7, 11) is 0. The van der Waals surface area contributed by atoms with Crippen LogP contribution in [0.25, 0.3) is 21.7 Å². The third-order valence-electron chi connectivity index (χ3n) is 3.31. The Bertz CT molecular complexity index is 825. The first-order chi connectivity index (χ1) is 9.39. The molecule has 0 amide bonds. The number of hydrogen-bond acceptors (Lipinski definition) is 1. The van der Waals surface area contributed by atoms with E-state index < -0.39 is 11.9 Å². The molecule has 0 atom stereocenters. The van der Waals surface area contributed by atoms with Gasteiger partial charge >= 0.3 is 6.18 Å². The summed E-state index contributed by atoms with van der Waals surface area (Å²) in [5, 5.41) is 2.14. The zero-order chi connectivity index (χ0) is 14.5. The summed E-state index contributed by atoms with van der Waals surface area (Å²) >= 11 is 6.10. The molecule has 0 unspecified atom stereocenters. The van der Waals surface area contributed by atoms with Crippen LogP contribution in [-0.2, 0) is 6.18 Å². The summed E-state index contributed by atoms with van der Waals surface area (Å²) < 4.78 is 39.1. The van der Waals surface area contributed by atoms with Crippen LogP contribution in [0, 0.1) is 6.92 Å². The molecule has 2 aromatic carbocycles. The lowest BCUT2D eigenvalue weighted by molar-refractivity contribution is -0.141. The van der Waals surface area contributed by atoms with Gasteiger partial charge in [-0.25, -0.2) is 4.98 Å². The Morgan fingerprint density at radius 3 is 2.40 bits per heavy atom. The fourth-order valence-corrected chi connectivity index (χ4v) is 2.57. The lowest BCUT2D eigenvalue weighted by Crippen LogP contribution is -2.11. The third kappa shape index (κ3) is 1.91. The van der Waals surface area contributed by atoms with Crippen LogP contribution in [-0.4, -0.2) is 4.98 Å². The van der Waals surface area contributed by atoms with Gasteiger partial charge in [-0.3, -0.25) is 0 Å². The topological polar surface area (TPSA) is 12.9 Å². The number of rotatable bonds is 0. The minimum atomic E-state index is -4.52. The molecule has 0 radical (unpaired) electrons. The highest BCUT2D eigenvalue weighted by Crippen LogP contribution is 2.38. The molecule has 0 aliphatic carbocycles. The summed E-state index contributed by atoms with van der Waals surface area (Å²) in [5.74, 6) is 0. The molecule has 102 valence electrons. The van der Waals surface area contributed by atoms with Gasteiger partial charge in [0.05, 0.1) is 10.5 Å². The summed E-state index contributed by atoms with van der Waals surface area (Å²) in [6.45, 7) is 1.34. The standard InChI is InChI=1S/C15H9ClF3N/c1-8-12(16)11-7-6-9-4-2-3-5-10(9)13(11)20-14(8)15(17,18)19/h2-7H,1H3. The second-order valence-electron chi connectivity index (χ2n) is 4.58. The summed E-state index contributed by atoms with van der Waals surface area (Å²) in [6, 6.07) is 10.7. The highest BCUT2D eigenvalue weighted by atomic mass is 35.5. The predicted octanol–water partition coefficient (Wildman–Crippen LogP) is 5.37. The molecule has 3 rings (SSSR count). The molecule has 1 nitrogen and oxygen atoms in total. The molecule has 1 heterocycles. The van der Waals surface area contributed by atoms with E-state index in [2.05, 4.69) is 4.98 Å². The number of hydrogen-bond donors (Lipinski definition) is 0. The Balaban J connectivity index is 2.52. The number of nitrogens with zero attached hydrogens (tertiary/aromatic N) is 1. The van der Waals surface area contributed by atoms with Gasteiger partial charge in [0.25, 0.3) is 0 Å². The molecule has 0 saturated carbocycles. The first kappa shape index (κ1) is 13.2. The normalized spacial score (nSPS) is 12.2. The van der Waals surface area contributed by atoms with E-state index in [0.717, 1.165) is 5.39 Å². The van der Waals surface area contributed by atoms with Gasteiger partial charge in [0.1, 0.15) is 5.69 Å². The van der Waals surface area contributed by atoms with E-state index in [0.29, 0.717) is 10.8 Å². The van der Waals surface area contributed by atoms with Crippen molar-refractivity contribution in [3.05, 3.63) is 52.7 Å². The first-order valence-corrected chi connectivity index (χ1v) is 6.32. The van der Waals surface area contributed by atoms with Crippen LogP contribution in [0.15, 0.2) is 36.4 Å². The van der Waals surface area contributed by atoms with Crippen molar-refractivity contribution in [2.45, 2.75) is 13.1 Å². The third-order valence-corrected chi connectivity index (χ3v) is 3.80. The fourth-order valence-electron chi connectivity index (χ4n) is 2.33. The molecule has 20 heavy (non-hydrogen) atoms. The van der Waals surface area contributed by atoms with Crippen molar-refractivity contribution in [1.29, 1.82) is 0 Å². The highest BCUT2D eigenvalue weighted by Gasteiger charge is 2.36. The van der Waals surface area contributed by atoms with Gasteiger partial charge in [-0.05, 0) is 17.9 Å². The van der Waals surface area contributed by atoms with Crippen LogP contribution >= 0.6 is 11.6 Å². The maximum atomic E-state index is 13.0. The Kier molecular flexibility index (Phi) is 2.87. The van der Waals surface area contributed by atoms with Crippen LogP contribution in [0.3, 0.4) is 0 Å². The average Bonchev–Trinajstić information content (AvgIpc) is 2.41. The summed E-state index contributed by atoms with van der Waals surface area (Å²) in [5.41, 5.74) is -0.681. The van der Waals surface area contributed by atoms with Gasteiger partial charge in [0.15, 0.2) is 0 Å². The Morgan fingerprint density at radius 2 is 1.70 bits per heavy atom. The zero-order valence-corrected chi connectivity index (χ0v) is 11.2. The predicted molar refractivity (Wildman–Crippen MR) is 74.0 cm³/mol. The molecule has 0 aliphatic heterocycles. The van der Waals surface area contributed by atoms with Crippen molar-refractivity contribution in [3.63, 3.8) is 0 Å². The van der Waals surface area contributed by atoms with Crippen LogP contribution in [0.4, 0.5) is 13.2 Å². The molecular weight excluding hydrogens is 287 g/mol. The Morgan fingerprint density at radius 1 is 1.00 bits per heavy atom. The lowest BCUT2D eigenvalue weighted by Gasteiger charge is -2.14. The number of halogens is 4. The van der Waals surface area contributed by atoms with Gasteiger partial charge in [0, 0.05) is 10.8 Å². The molecule has 0 fully saturated rings. The van der Waals surface area contributed by atoms with E-state index in [4.69, 9.17) is 11.6 Å². The molecule has 0 bridgehead atoms. The SMILES string of the molecule is Cc1c(C(F)(F)F)nc2c(ccc3ccccc32)c1Cl. The van der Waals surface area contributed by atoms with E-state index in [1.807, 2.05) is 18.2 Å². The maximum Gasteiger partial charge on any atom is 0.433 e. The van der Waals surface area contributed by atoms with Gasteiger partial charge in [-0.2, -0.15) is 13.2 Å². The van der Waals surface area contributed by atoms with Crippen molar-refractivity contribution in [2.24, 2.45) is 0 Å². The minimum absolute atomic E-state index is 0.0399. The summed E-state index contributed by atoms with van der Waals surface area (Å²) in [4.78, 5) is 3.83. The van der Waals surface area contributed by atoms with Crippen LogP contribution in [0.2, 0.25) is 5.02 Å². The molecular formula is C15H9ClF3N. The Labute approximate surface area is 118 Å². The second-order valence-corrected chi connectivity index (χ2v) is 4.96. The maximum absolute atomic E-state index is 13.0. The average molecular weight is 296 g/mol. The number of fused-ring (bicyclic) bond motifs is 3. The highest BCUT2D eigenvalue weighted by molar-refractivity contribution is 6.37. The molecule has 3 aromatic rings. The van der Waals surface area contributed by atoms with Gasteiger partial charge in [0.2, 0.25) is 0 Å². The second kappa shape index (κ2) is 4.35. The molecule has 0 aliphatic rings. The van der Waals surface area contributed by atoms with Crippen molar-refractivity contribution in [3.8, 4) is 0 Å². The molecule has 5 heteroatoms. The largest absolute Gasteiger partial charge is 0.433 e. The summed E-state index contributed by atoms with van der Waals surface area (Å²) in [6.07, 6.45) is -4.52. The van der Waals surface area contributed by atoms with Gasteiger partial charge < -0.3 is 0 Å². The van der Waals surface area contributed by atoms with E-state index >= 15 is 0 Å².